The van der Waals surface area contributed by atoms with Gasteiger partial charge in [0.25, 0.3) is 0 Å². The van der Waals surface area contributed by atoms with E-state index >= 15 is 0 Å². The number of aliphatic hydroxyl groups is 1. The van der Waals surface area contributed by atoms with E-state index in [9.17, 15) is 27.5 Å². The lowest BCUT2D eigenvalue weighted by atomic mass is 9.95. The molecule has 2 amide bonds. The van der Waals surface area contributed by atoms with Crippen LogP contribution in [0.1, 0.15) is 35.8 Å². The SMILES string of the molecule is Cc1ccc(CNC(=O)N(C)CC2CCN(CC(O)c3ccc(F)cc3)CC2)nc1.O=C(O)C(F)(F)F. The maximum absolute atomic E-state index is 13.0. The highest BCUT2D eigenvalue weighted by atomic mass is 19.4. The number of alkyl halides is 3. The van der Waals surface area contributed by atoms with Crippen molar-refractivity contribution in [3.63, 3.8) is 0 Å². The Kier molecular flexibility index (Phi) is 11.3. The molecule has 1 atom stereocenters. The zero-order chi connectivity index (χ0) is 27.6. The van der Waals surface area contributed by atoms with Gasteiger partial charge in [0.2, 0.25) is 0 Å². The van der Waals surface area contributed by atoms with E-state index in [0.29, 0.717) is 25.6 Å². The van der Waals surface area contributed by atoms with Gasteiger partial charge in [-0.15, -0.1) is 0 Å². The minimum absolute atomic E-state index is 0.0912. The summed E-state index contributed by atoms with van der Waals surface area (Å²) in [7, 11) is 1.82. The molecule has 37 heavy (non-hydrogen) atoms. The number of carbonyl (C=O) groups excluding carboxylic acids is 1. The Balaban J connectivity index is 0.000000604. The quantitative estimate of drug-likeness (QED) is 0.473. The van der Waals surface area contributed by atoms with Crippen molar-refractivity contribution in [3.05, 3.63) is 65.2 Å². The Morgan fingerprint density at radius 1 is 1.16 bits per heavy atom. The first-order valence-electron chi connectivity index (χ1n) is 11.7. The number of nitrogens with one attached hydrogen (secondary N) is 1. The third-order valence-electron chi connectivity index (χ3n) is 5.91. The molecule has 1 aromatic heterocycles. The summed E-state index contributed by atoms with van der Waals surface area (Å²) in [5.41, 5.74) is 2.67. The number of pyridine rings is 1. The molecule has 0 radical (unpaired) electrons. The molecule has 3 N–H and O–H groups in total. The van der Waals surface area contributed by atoms with Crippen LogP contribution in [0.25, 0.3) is 0 Å². The Bertz CT molecular complexity index is 995. The molecule has 1 unspecified atom stereocenters. The molecule has 2 heterocycles. The standard InChI is InChI=1S/C23H31FN4O2.C2HF3O2/c1-17-3-8-21(25-13-17)14-26-23(30)27(2)15-18-9-11-28(12-10-18)16-22(29)19-4-6-20(24)7-5-19;3-2(4,5)1(6)7/h3-8,13,18,22,29H,9-12,14-16H2,1-2H3,(H,26,30);(H,6,7). The molecule has 3 rings (SSSR count). The number of aliphatic hydroxyl groups excluding tert-OH is 1. The van der Waals surface area contributed by atoms with E-state index in [2.05, 4.69) is 15.2 Å². The number of β-amino-alcohol motifs (C(OH)–C–C–N with tert-alkyl or cyclic N) is 1. The normalized spacial score (nSPS) is 15.3. The molecule has 8 nitrogen and oxygen atoms in total. The summed E-state index contributed by atoms with van der Waals surface area (Å²) < 4.78 is 44.8. The van der Waals surface area contributed by atoms with Crippen LogP contribution in [0.3, 0.4) is 0 Å². The lowest BCUT2D eigenvalue weighted by molar-refractivity contribution is -0.192. The van der Waals surface area contributed by atoms with Gasteiger partial charge in [-0.1, -0.05) is 18.2 Å². The molecule has 1 aliphatic heterocycles. The number of carboxylic acid groups (broad SMARTS) is 1. The van der Waals surface area contributed by atoms with Gasteiger partial charge in [0, 0.05) is 26.3 Å². The number of aryl methyl sites for hydroxylation is 1. The van der Waals surface area contributed by atoms with Gasteiger partial charge in [-0.25, -0.2) is 14.0 Å². The molecule has 1 aliphatic rings. The number of likely N-dealkylation sites (tertiary alicyclic amines) is 1. The number of urea groups is 1. The summed E-state index contributed by atoms with van der Waals surface area (Å²) in [4.78, 5) is 29.5. The predicted molar refractivity (Wildman–Crippen MR) is 128 cm³/mol. The summed E-state index contributed by atoms with van der Waals surface area (Å²) in [6.45, 7) is 5.41. The molecule has 1 fully saturated rings. The first kappa shape index (κ1) is 30.0. The molecule has 2 aromatic rings. The highest BCUT2D eigenvalue weighted by Crippen LogP contribution is 2.22. The number of hydrogen-bond acceptors (Lipinski definition) is 5. The largest absolute Gasteiger partial charge is 0.490 e. The molecule has 0 spiro atoms. The number of nitrogens with zero attached hydrogens (tertiary/aromatic N) is 3. The smallest absolute Gasteiger partial charge is 0.475 e. The van der Waals surface area contributed by atoms with E-state index in [1.807, 2.05) is 26.1 Å². The van der Waals surface area contributed by atoms with Crippen LogP contribution in [-0.4, -0.2) is 76.4 Å². The number of amides is 2. The van der Waals surface area contributed by atoms with Crippen LogP contribution in [0.5, 0.6) is 0 Å². The maximum Gasteiger partial charge on any atom is 0.490 e. The van der Waals surface area contributed by atoms with Crippen molar-refractivity contribution in [1.82, 2.24) is 20.1 Å². The van der Waals surface area contributed by atoms with Crippen molar-refractivity contribution in [2.75, 3.05) is 33.2 Å². The number of piperidine rings is 1. The monoisotopic (exact) mass is 528 g/mol. The first-order chi connectivity index (χ1) is 17.3. The molecule has 204 valence electrons. The minimum atomic E-state index is -5.08. The maximum atomic E-state index is 13.0. The summed E-state index contributed by atoms with van der Waals surface area (Å²) in [5, 5.41) is 20.4. The zero-order valence-electron chi connectivity index (χ0n) is 20.7. The lowest BCUT2D eigenvalue weighted by Crippen LogP contribution is -2.43. The second-order valence-corrected chi connectivity index (χ2v) is 8.98. The number of halogens is 4. The summed E-state index contributed by atoms with van der Waals surface area (Å²) in [5.74, 6) is -2.61. The average molecular weight is 529 g/mol. The number of carbonyl (C=O) groups is 2. The van der Waals surface area contributed by atoms with E-state index in [4.69, 9.17) is 9.90 Å². The van der Waals surface area contributed by atoms with Crippen LogP contribution in [0.2, 0.25) is 0 Å². The van der Waals surface area contributed by atoms with Gasteiger partial charge in [0.1, 0.15) is 5.82 Å². The second kappa shape index (κ2) is 13.9. The molecule has 0 saturated carbocycles. The number of rotatable bonds is 7. The van der Waals surface area contributed by atoms with Gasteiger partial charge in [-0.3, -0.25) is 4.98 Å². The van der Waals surface area contributed by atoms with Crippen LogP contribution in [0, 0.1) is 18.7 Å². The molecule has 12 heteroatoms. The van der Waals surface area contributed by atoms with Crippen LogP contribution in [0.15, 0.2) is 42.6 Å². The average Bonchev–Trinajstić information content (AvgIpc) is 2.85. The third kappa shape index (κ3) is 10.7. The summed E-state index contributed by atoms with van der Waals surface area (Å²) in [6, 6.07) is 9.83. The van der Waals surface area contributed by atoms with Crippen LogP contribution in [0.4, 0.5) is 22.4 Å². The van der Waals surface area contributed by atoms with Crippen LogP contribution >= 0.6 is 0 Å². The van der Waals surface area contributed by atoms with Gasteiger partial charge < -0.3 is 25.3 Å². The first-order valence-corrected chi connectivity index (χ1v) is 11.7. The van der Waals surface area contributed by atoms with Crippen LogP contribution in [-0.2, 0) is 11.3 Å². The van der Waals surface area contributed by atoms with E-state index in [1.54, 1.807) is 23.2 Å². The fourth-order valence-corrected chi connectivity index (χ4v) is 3.76. The third-order valence-corrected chi connectivity index (χ3v) is 5.91. The summed E-state index contributed by atoms with van der Waals surface area (Å²) in [6.07, 6.45) is -1.95. The fraction of sp³-hybridized carbons (Fsp3) is 0.480. The molecule has 1 aromatic carbocycles. The number of aliphatic carboxylic acids is 1. The lowest BCUT2D eigenvalue weighted by Gasteiger charge is -2.34. The zero-order valence-corrected chi connectivity index (χ0v) is 20.7. The van der Waals surface area contributed by atoms with Gasteiger partial charge in [-0.2, -0.15) is 13.2 Å². The van der Waals surface area contributed by atoms with Crippen molar-refractivity contribution < 1.29 is 37.4 Å². The topological polar surface area (TPSA) is 106 Å². The Morgan fingerprint density at radius 3 is 2.27 bits per heavy atom. The Hall–Kier alpha value is -3.25. The Morgan fingerprint density at radius 2 is 1.76 bits per heavy atom. The van der Waals surface area contributed by atoms with Crippen molar-refractivity contribution in [2.45, 2.75) is 38.6 Å². The number of benzene rings is 1. The molecule has 1 saturated heterocycles. The van der Waals surface area contributed by atoms with Gasteiger partial charge >= 0.3 is 18.2 Å². The van der Waals surface area contributed by atoms with Gasteiger partial charge in [-0.05, 0) is 68.1 Å². The van der Waals surface area contributed by atoms with E-state index < -0.39 is 18.2 Å². The molecule has 0 bridgehead atoms. The van der Waals surface area contributed by atoms with E-state index in [1.165, 1.54) is 12.1 Å². The minimum Gasteiger partial charge on any atom is -0.475 e. The predicted octanol–water partition coefficient (Wildman–Crippen LogP) is 3.75. The molecule has 0 aliphatic carbocycles. The highest BCUT2D eigenvalue weighted by Gasteiger charge is 2.38. The van der Waals surface area contributed by atoms with Crippen molar-refractivity contribution in [1.29, 1.82) is 0 Å². The van der Waals surface area contributed by atoms with Crippen molar-refractivity contribution in [2.24, 2.45) is 5.92 Å². The van der Waals surface area contributed by atoms with E-state index in [-0.39, 0.29) is 11.8 Å². The van der Waals surface area contributed by atoms with Gasteiger partial charge in [0.15, 0.2) is 0 Å². The number of carboxylic acids is 1. The fourth-order valence-electron chi connectivity index (χ4n) is 3.76. The highest BCUT2D eigenvalue weighted by molar-refractivity contribution is 5.73. The molecular weight excluding hydrogens is 496 g/mol. The van der Waals surface area contributed by atoms with Crippen LogP contribution < -0.4 is 5.32 Å². The second-order valence-electron chi connectivity index (χ2n) is 8.98. The Labute approximate surface area is 212 Å². The number of aromatic nitrogens is 1. The van der Waals surface area contributed by atoms with Gasteiger partial charge in [0.05, 0.1) is 18.3 Å². The van der Waals surface area contributed by atoms with E-state index in [0.717, 1.165) is 42.8 Å². The number of hydrogen-bond donors (Lipinski definition) is 3. The van der Waals surface area contributed by atoms with Crippen molar-refractivity contribution >= 4 is 12.0 Å². The van der Waals surface area contributed by atoms with Crippen molar-refractivity contribution in [3.8, 4) is 0 Å². The summed E-state index contributed by atoms with van der Waals surface area (Å²) >= 11 is 0. The molecular formula is C25H32F4N4O4.